The van der Waals surface area contributed by atoms with Crippen LogP contribution in [-0.4, -0.2) is 11.8 Å². The van der Waals surface area contributed by atoms with E-state index in [2.05, 4.69) is 0 Å². The van der Waals surface area contributed by atoms with Gasteiger partial charge in [0.1, 0.15) is 5.78 Å². The fourth-order valence-electron chi connectivity index (χ4n) is 0.655. The molecule has 0 aliphatic rings. The normalized spacial score (nSPS) is 16.9. The smallest absolute Gasteiger partial charge is 0.146 e. The zero-order valence-corrected chi connectivity index (χ0v) is 6.35. The van der Waals surface area contributed by atoms with Gasteiger partial charge in [-0.2, -0.15) is 0 Å². The number of rotatable bonds is 3. The number of Topliss-reactive ketones (excluding diaryl/α,β-unsaturated/α-hetero) is 1. The first kappa shape index (κ1) is 8.63. The molecule has 0 aliphatic heterocycles. The highest BCUT2D eigenvalue weighted by atomic mass is 16.1. The Hall–Kier alpha value is -0.370. The standard InChI is InChI=1S/C7H15NO/c1-4-5(2)7(8)6(3)9/h5,7H,4,8H2,1-3H3. The van der Waals surface area contributed by atoms with E-state index in [1.165, 1.54) is 6.92 Å². The molecular formula is C7H15NO. The van der Waals surface area contributed by atoms with E-state index < -0.39 is 0 Å². The van der Waals surface area contributed by atoms with Crippen molar-refractivity contribution in [2.45, 2.75) is 33.2 Å². The van der Waals surface area contributed by atoms with Crippen LogP contribution in [0, 0.1) is 5.92 Å². The van der Waals surface area contributed by atoms with Gasteiger partial charge in [0.05, 0.1) is 6.04 Å². The molecule has 2 atom stereocenters. The third-order valence-electron chi connectivity index (χ3n) is 1.73. The highest BCUT2D eigenvalue weighted by Crippen LogP contribution is 2.04. The average molecular weight is 129 g/mol. The van der Waals surface area contributed by atoms with E-state index in [0.717, 1.165) is 6.42 Å². The third kappa shape index (κ3) is 2.61. The predicted molar refractivity (Wildman–Crippen MR) is 38.1 cm³/mol. The Morgan fingerprint density at radius 3 is 2.22 bits per heavy atom. The molecule has 2 heteroatoms. The van der Waals surface area contributed by atoms with Crippen LogP contribution in [0.1, 0.15) is 27.2 Å². The van der Waals surface area contributed by atoms with Gasteiger partial charge in [-0.05, 0) is 12.8 Å². The van der Waals surface area contributed by atoms with Crippen LogP contribution in [0.3, 0.4) is 0 Å². The lowest BCUT2D eigenvalue weighted by Crippen LogP contribution is -2.34. The van der Waals surface area contributed by atoms with E-state index in [-0.39, 0.29) is 11.8 Å². The molecule has 0 heterocycles. The molecule has 0 radical (unpaired) electrons. The van der Waals surface area contributed by atoms with E-state index in [0.29, 0.717) is 5.92 Å². The number of nitrogens with two attached hydrogens (primary N) is 1. The van der Waals surface area contributed by atoms with E-state index in [1.54, 1.807) is 0 Å². The van der Waals surface area contributed by atoms with Crippen LogP contribution < -0.4 is 5.73 Å². The summed E-state index contributed by atoms with van der Waals surface area (Å²) in [5.41, 5.74) is 5.52. The molecule has 0 saturated heterocycles. The van der Waals surface area contributed by atoms with E-state index >= 15 is 0 Å². The Balaban J connectivity index is 3.72. The highest BCUT2D eigenvalue weighted by Gasteiger charge is 2.14. The summed E-state index contributed by atoms with van der Waals surface area (Å²) in [4.78, 5) is 10.6. The number of hydrogen-bond acceptors (Lipinski definition) is 2. The molecule has 0 amide bonds. The van der Waals surface area contributed by atoms with Gasteiger partial charge in [0, 0.05) is 0 Å². The second-order valence-corrected chi connectivity index (χ2v) is 2.52. The molecule has 0 saturated carbocycles. The van der Waals surface area contributed by atoms with Gasteiger partial charge in [0.2, 0.25) is 0 Å². The molecule has 0 aromatic heterocycles. The largest absolute Gasteiger partial charge is 0.321 e. The first-order valence-corrected chi connectivity index (χ1v) is 3.35. The number of carbonyl (C=O) groups is 1. The first-order chi connectivity index (χ1) is 4.09. The van der Waals surface area contributed by atoms with Gasteiger partial charge in [0.25, 0.3) is 0 Å². The summed E-state index contributed by atoms with van der Waals surface area (Å²) >= 11 is 0. The Bertz CT molecular complexity index is 101. The zero-order chi connectivity index (χ0) is 7.44. The molecule has 2 nitrogen and oxygen atoms in total. The highest BCUT2D eigenvalue weighted by molar-refractivity contribution is 5.81. The Kier molecular flexibility index (Phi) is 3.47. The molecule has 2 unspecified atom stereocenters. The molecule has 9 heavy (non-hydrogen) atoms. The summed E-state index contributed by atoms with van der Waals surface area (Å²) in [5, 5.41) is 0. The maximum atomic E-state index is 10.6. The molecule has 0 aromatic rings. The lowest BCUT2D eigenvalue weighted by molar-refractivity contribution is -0.119. The van der Waals surface area contributed by atoms with Crippen LogP contribution in [0.2, 0.25) is 0 Å². The van der Waals surface area contributed by atoms with Gasteiger partial charge in [-0.25, -0.2) is 0 Å². The van der Waals surface area contributed by atoms with Crippen molar-refractivity contribution in [1.29, 1.82) is 0 Å². The topological polar surface area (TPSA) is 43.1 Å². The maximum absolute atomic E-state index is 10.6. The van der Waals surface area contributed by atoms with Crippen LogP contribution in [-0.2, 0) is 4.79 Å². The van der Waals surface area contributed by atoms with Crippen LogP contribution in [0.25, 0.3) is 0 Å². The van der Waals surface area contributed by atoms with Gasteiger partial charge < -0.3 is 5.73 Å². The van der Waals surface area contributed by atoms with Crippen molar-refractivity contribution < 1.29 is 4.79 Å². The van der Waals surface area contributed by atoms with Crippen LogP contribution in [0.5, 0.6) is 0 Å². The minimum Gasteiger partial charge on any atom is -0.321 e. The van der Waals surface area contributed by atoms with Gasteiger partial charge in [0.15, 0.2) is 0 Å². The molecule has 2 N–H and O–H groups in total. The fourth-order valence-corrected chi connectivity index (χ4v) is 0.655. The molecular weight excluding hydrogens is 114 g/mol. The lowest BCUT2D eigenvalue weighted by atomic mass is 9.97. The minimum atomic E-state index is -0.255. The summed E-state index contributed by atoms with van der Waals surface area (Å²) in [6, 6.07) is -0.255. The van der Waals surface area contributed by atoms with Gasteiger partial charge in [-0.1, -0.05) is 20.3 Å². The fraction of sp³-hybridized carbons (Fsp3) is 0.857. The van der Waals surface area contributed by atoms with Crippen molar-refractivity contribution in [2.75, 3.05) is 0 Å². The Morgan fingerprint density at radius 1 is 1.67 bits per heavy atom. The second kappa shape index (κ2) is 3.62. The van der Waals surface area contributed by atoms with Gasteiger partial charge in [-0.3, -0.25) is 4.79 Å². The summed E-state index contributed by atoms with van der Waals surface area (Å²) in [5.74, 6) is 0.409. The van der Waals surface area contributed by atoms with Gasteiger partial charge >= 0.3 is 0 Å². The summed E-state index contributed by atoms with van der Waals surface area (Å²) in [7, 11) is 0. The average Bonchev–Trinajstić information content (AvgIpc) is 1.84. The molecule has 0 aliphatic carbocycles. The van der Waals surface area contributed by atoms with Gasteiger partial charge in [-0.15, -0.1) is 0 Å². The summed E-state index contributed by atoms with van der Waals surface area (Å²) in [6.07, 6.45) is 0.973. The summed E-state index contributed by atoms with van der Waals surface area (Å²) in [6.45, 7) is 5.57. The lowest BCUT2D eigenvalue weighted by Gasteiger charge is -2.13. The zero-order valence-electron chi connectivity index (χ0n) is 6.35. The molecule has 0 bridgehead atoms. The van der Waals surface area contributed by atoms with Crippen LogP contribution in [0.15, 0.2) is 0 Å². The van der Waals surface area contributed by atoms with Crippen LogP contribution >= 0.6 is 0 Å². The first-order valence-electron chi connectivity index (χ1n) is 3.35. The van der Waals surface area contributed by atoms with Crippen molar-refractivity contribution in [1.82, 2.24) is 0 Å². The predicted octanol–water partition coefficient (Wildman–Crippen LogP) is 0.949. The van der Waals surface area contributed by atoms with Crippen molar-refractivity contribution >= 4 is 5.78 Å². The minimum absolute atomic E-state index is 0.0874. The van der Waals surface area contributed by atoms with Crippen molar-refractivity contribution in [3.05, 3.63) is 0 Å². The van der Waals surface area contributed by atoms with E-state index in [1.807, 2.05) is 13.8 Å². The SMILES string of the molecule is CCC(C)C(N)C(C)=O. The number of carbonyl (C=O) groups excluding carboxylic acids is 1. The molecule has 0 spiro atoms. The number of ketones is 1. The Morgan fingerprint density at radius 2 is 2.11 bits per heavy atom. The summed E-state index contributed by atoms with van der Waals surface area (Å²) < 4.78 is 0. The quantitative estimate of drug-likeness (QED) is 0.616. The molecule has 0 rings (SSSR count). The monoisotopic (exact) mass is 129 g/mol. The van der Waals surface area contributed by atoms with Crippen molar-refractivity contribution in [3.8, 4) is 0 Å². The third-order valence-corrected chi connectivity index (χ3v) is 1.73. The van der Waals surface area contributed by atoms with Crippen molar-refractivity contribution in [2.24, 2.45) is 11.7 Å². The molecule has 54 valence electrons. The van der Waals surface area contributed by atoms with E-state index in [4.69, 9.17) is 5.73 Å². The molecule has 0 aromatic carbocycles. The second-order valence-electron chi connectivity index (χ2n) is 2.52. The molecule has 0 fully saturated rings. The van der Waals surface area contributed by atoms with Crippen molar-refractivity contribution in [3.63, 3.8) is 0 Å². The van der Waals surface area contributed by atoms with Crippen LogP contribution in [0.4, 0.5) is 0 Å². The Labute approximate surface area is 56.4 Å². The van der Waals surface area contributed by atoms with E-state index in [9.17, 15) is 4.79 Å². The maximum Gasteiger partial charge on any atom is 0.146 e. The number of hydrogen-bond donors (Lipinski definition) is 1.